The van der Waals surface area contributed by atoms with Gasteiger partial charge in [0.2, 0.25) is 5.91 Å². The predicted molar refractivity (Wildman–Crippen MR) is 112 cm³/mol. The summed E-state index contributed by atoms with van der Waals surface area (Å²) in [5.41, 5.74) is 5.55. The Bertz CT molecular complexity index is 1040. The number of aryl methyl sites for hydroxylation is 3. The standard InChI is InChI=1S/C23H19N3OS/c1-16-10-11-19(14-24)23(25-16)28-15-22(27)26-20-8-4-2-6-17(20)12-13-18-7-3-5-9-21(18)26/h2-11H,12-13,15H2,1H3. The summed E-state index contributed by atoms with van der Waals surface area (Å²) in [5.74, 6) is 0.201. The first-order valence-corrected chi connectivity index (χ1v) is 10.2. The number of hydrogen-bond donors (Lipinski definition) is 0. The first-order chi connectivity index (χ1) is 13.7. The summed E-state index contributed by atoms with van der Waals surface area (Å²) < 4.78 is 0. The van der Waals surface area contributed by atoms with Crippen LogP contribution in [0.2, 0.25) is 0 Å². The van der Waals surface area contributed by atoms with Gasteiger partial charge in [-0.2, -0.15) is 5.26 Å². The van der Waals surface area contributed by atoms with Crippen molar-refractivity contribution in [3.05, 3.63) is 83.0 Å². The lowest BCUT2D eigenvalue weighted by Gasteiger charge is -2.25. The molecule has 0 spiro atoms. The Morgan fingerprint density at radius 1 is 1.04 bits per heavy atom. The number of nitriles is 1. The first kappa shape index (κ1) is 18.3. The minimum absolute atomic E-state index is 0.0148. The molecule has 0 saturated heterocycles. The van der Waals surface area contributed by atoms with E-state index in [0.29, 0.717) is 10.6 Å². The molecule has 1 aliphatic rings. The van der Waals surface area contributed by atoms with Crippen LogP contribution in [0.15, 0.2) is 65.7 Å². The molecule has 0 atom stereocenters. The Hall–Kier alpha value is -3.10. The number of benzene rings is 2. The molecule has 1 aromatic heterocycles. The number of aromatic nitrogens is 1. The lowest BCUT2D eigenvalue weighted by molar-refractivity contribution is -0.115. The van der Waals surface area contributed by atoms with Gasteiger partial charge in [-0.3, -0.25) is 9.69 Å². The second kappa shape index (κ2) is 7.87. The zero-order valence-corrected chi connectivity index (χ0v) is 16.4. The zero-order chi connectivity index (χ0) is 19.5. The van der Waals surface area contributed by atoms with Gasteiger partial charge in [-0.15, -0.1) is 0 Å². The van der Waals surface area contributed by atoms with Crippen molar-refractivity contribution in [2.24, 2.45) is 0 Å². The SMILES string of the molecule is Cc1ccc(C#N)c(SCC(=O)N2c3ccccc3CCc3ccccc32)n1. The van der Waals surface area contributed by atoms with Gasteiger partial charge in [0.05, 0.1) is 22.7 Å². The summed E-state index contributed by atoms with van der Waals surface area (Å²) in [6.07, 6.45) is 1.81. The summed E-state index contributed by atoms with van der Waals surface area (Å²) in [7, 11) is 0. The van der Waals surface area contributed by atoms with Crippen LogP contribution in [0.3, 0.4) is 0 Å². The molecular weight excluding hydrogens is 366 g/mol. The molecule has 0 unspecified atom stereocenters. The minimum Gasteiger partial charge on any atom is -0.280 e. The fourth-order valence-electron chi connectivity index (χ4n) is 3.47. The molecule has 0 fully saturated rings. The Morgan fingerprint density at radius 3 is 2.25 bits per heavy atom. The van der Waals surface area contributed by atoms with Crippen molar-refractivity contribution in [1.29, 1.82) is 5.26 Å². The van der Waals surface area contributed by atoms with E-state index in [2.05, 4.69) is 23.2 Å². The van der Waals surface area contributed by atoms with Gasteiger partial charge in [0.15, 0.2) is 0 Å². The lowest BCUT2D eigenvalue weighted by atomic mass is 10.0. The summed E-state index contributed by atoms with van der Waals surface area (Å²) in [6, 6.07) is 21.9. The Kier molecular flexibility index (Phi) is 5.14. The van der Waals surface area contributed by atoms with E-state index in [1.807, 2.05) is 54.3 Å². The van der Waals surface area contributed by atoms with Gasteiger partial charge >= 0.3 is 0 Å². The largest absolute Gasteiger partial charge is 0.280 e. The average Bonchev–Trinajstić information content (AvgIpc) is 2.89. The van der Waals surface area contributed by atoms with E-state index in [1.54, 1.807) is 6.07 Å². The number of pyridine rings is 1. The molecule has 2 aromatic carbocycles. The highest BCUT2D eigenvalue weighted by Crippen LogP contribution is 2.36. The van der Waals surface area contributed by atoms with E-state index >= 15 is 0 Å². The zero-order valence-electron chi connectivity index (χ0n) is 15.6. The molecule has 0 radical (unpaired) electrons. The molecule has 1 aliphatic heterocycles. The van der Waals surface area contributed by atoms with Crippen molar-refractivity contribution in [3.8, 4) is 6.07 Å². The number of carbonyl (C=O) groups is 1. The van der Waals surface area contributed by atoms with Gasteiger partial charge < -0.3 is 0 Å². The van der Waals surface area contributed by atoms with E-state index in [9.17, 15) is 10.1 Å². The van der Waals surface area contributed by atoms with Crippen molar-refractivity contribution < 1.29 is 4.79 Å². The number of nitrogens with zero attached hydrogens (tertiary/aromatic N) is 3. The van der Waals surface area contributed by atoms with Crippen LogP contribution in [0.4, 0.5) is 11.4 Å². The molecule has 1 amide bonds. The molecule has 3 aromatic rings. The third-order valence-electron chi connectivity index (χ3n) is 4.83. The molecule has 2 heterocycles. The van der Waals surface area contributed by atoms with Crippen LogP contribution in [0.1, 0.15) is 22.4 Å². The lowest BCUT2D eigenvalue weighted by Crippen LogP contribution is -2.28. The van der Waals surface area contributed by atoms with Gasteiger partial charge in [-0.1, -0.05) is 48.2 Å². The monoisotopic (exact) mass is 385 g/mol. The number of para-hydroxylation sites is 2. The highest BCUT2D eigenvalue weighted by Gasteiger charge is 2.25. The highest BCUT2D eigenvalue weighted by molar-refractivity contribution is 8.00. The second-order valence-electron chi connectivity index (χ2n) is 6.69. The summed E-state index contributed by atoms with van der Waals surface area (Å²) >= 11 is 1.32. The van der Waals surface area contributed by atoms with E-state index in [1.165, 1.54) is 22.9 Å². The van der Waals surface area contributed by atoms with Gasteiger partial charge in [-0.05, 0) is 55.2 Å². The molecular formula is C23H19N3OS. The number of rotatable bonds is 3. The van der Waals surface area contributed by atoms with Crippen LogP contribution in [0.25, 0.3) is 0 Å². The van der Waals surface area contributed by atoms with Gasteiger partial charge in [-0.25, -0.2) is 4.98 Å². The molecule has 4 rings (SSSR count). The fraction of sp³-hybridized carbons (Fsp3) is 0.174. The number of carbonyl (C=O) groups excluding carboxylic acids is 1. The number of fused-ring (bicyclic) bond motifs is 2. The van der Waals surface area contributed by atoms with Crippen LogP contribution < -0.4 is 4.90 Å². The molecule has 0 aliphatic carbocycles. The van der Waals surface area contributed by atoms with E-state index in [-0.39, 0.29) is 11.7 Å². The fourth-order valence-corrected chi connectivity index (χ4v) is 4.34. The van der Waals surface area contributed by atoms with E-state index in [4.69, 9.17) is 0 Å². The maximum absolute atomic E-state index is 13.3. The Labute approximate surface area is 168 Å². The van der Waals surface area contributed by atoms with Crippen LogP contribution in [-0.2, 0) is 17.6 Å². The minimum atomic E-state index is -0.0148. The first-order valence-electron chi connectivity index (χ1n) is 9.16. The molecule has 0 bridgehead atoms. The number of thioether (sulfide) groups is 1. The van der Waals surface area contributed by atoms with Crippen molar-refractivity contribution >= 4 is 29.0 Å². The Balaban J connectivity index is 1.68. The Morgan fingerprint density at radius 2 is 1.64 bits per heavy atom. The van der Waals surface area contributed by atoms with Crippen LogP contribution in [0, 0.1) is 18.3 Å². The van der Waals surface area contributed by atoms with E-state index in [0.717, 1.165) is 29.9 Å². The number of hydrogen-bond acceptors (Lipinski definition) is 4. The second-order valence-corrected chi connectivity index (χ2v) is 7.66. The van der Waals surface area contributed by atoms with Crippen molar-refractivity contribution in [2.75, 3.05) is 10.7 Å². The maximum Gasteiger partial charge on any atom is 0.241 e. The summed E-state index contributed by atoms with van der Waals surface area (Å²) in [4.78, 5) is 19.6. The van der Waals surface area contributed by atoms with Crippen molar-refractivity contribution in [3.63, 3.8) is 0 Å². The van der Waals surface area contributed by atoms with Gasteiger partial charge in [0.1, 0.15) is 11.1 Å². The topological polar surface area (TPSA) is 57.0 Å². The third kappa shape index (κ3) is 3.51. The molecule has 28 heavy (non-hydrogen) atoms. The molecule has 4 nitrogen and oxygen atoms in total. The van der Waals surface area contributed by atoms with E-state index < -0.39 is 0 Å². The highest BCUT2D eigenvalue weighted by atomic mass is 32.2. The quantitative estimate of drug-likeness (QED) is 0.607. The predicted octanol–water partition coefficient (Wildman–Crippen LogP) is 4.82. The number of anilines is 2. The average molecular weight is 385 g/mol. The van der Waals surface area contributed by atoms with Crippen LogP contribution in [-0.4, -0.2) is 16.6 Å². The summed E-state index contributed by atoms with van der Waals surface area (Å²) in [6.45, 7) is 1.88. The normalized spacial score (nSPS) is 12.5. The summed E-state index contributed by atoms with van der Waals surface area (Å²) in [5, 5.41) is 9.93. The van der Waals surface area contributed by atoms with Gasteiger partial charge in [0, 0.05) is 5.69 Å². The van der Waals surface area contributed by atoms with Crippen LogP contribution >= 0.6 is 11.8 Å². The molecule has 0 saturated carbocycles. The third-order valence-corrected chi connectivity index (χ3v) is 5.81. The molecule has 0 N–H and O–H groups in total. The van der Waals surface area contributed by atoms with Crippen molar-refractivity contribution in [1.82, 2.24) is 4.98 Å². The molecule has 5 heteroatoms. The molecule has 138 valence electrons. The van der Waals surface area contributed by atoms with Crippen molar-refractivity contribution in [2.45, 2.75) is 24.8 Å². The maximum atomic E-state index is 13.3. The number of amides is 1. The van der Waals surface area contributed by atoms with Gasteiger partial charge in [0.25, 0.3) is 0 Å². The van der Waals surface area contributed by atoms with Crippen LogP contribution in [0.5, 0.6) is 0 Å². The smallest absolute Gasteiger partial charge is 0.241 e.